The third kappa shape index (κ3) is 2.32. The van der Waals surface area contributed by atoms with E-state index in [9.17, 15) is 0 Å². The monoisotopic (exact) mass is 300 g/mol. The van der Waals surface area contributed by atoms with E-state index in [4.69, 9.17) is 0 Å². The predicted octanol–water partition coefficient (Wildman–Crippen LogP) is 6.69. The molecule has 3 saturated carbocycles. The summed E-state index contributed by atoms with van der Waals surface area (Å²) in [5, 5.41) is 0. The first kappa shape index (κ1) is 15.6. The smallest absolute Gasteiger partial charge is 0.0628 e. The predicted molar refractivity (Wildman–Crippen MR) is 97.6 cm³/mol. The van der Waals surface area contributed by atoms with Gasteiger partial charge in [0.25, 0.3) is 0 Å². The third-order valence-electron chi connectivity index (χ3n) is 8.80. The van der Waals surface area contributed by atoms with E-state index in [1.807, 2.05) is 0 Å². The fraction of sp³-hybridized carbons (Fsp3) is 1.00. The number of hydrogen-bond donors (Lipinski definition) is 0. The first-order valence-electron chi connectivity index (χ1n) is 10.5. The van der Waals surface area contributed by atoms with Crippen LogP contribution in [0.4, 0.5) is 0 Å². The largest absolute Gasteiger partial charge is 0.149 e. The second-order valence-electron chi connectivity index (χ2n) is 10.5. The summed E-state index contributed by atoms with van der Waals surface area (Å²) in [6, 6.07) is 0. The van der Waals surface area contributed by atoms with Gasteiger partial charge >= 0.3 is 0 Å². The van der Waals surface area contributed by atoms with Crippen LogP contribution in [0.5, 0.6) is 0 Å². The van der Waals surface area contributed by atoms with Crippen LogP contribution in [0.25, 0.3) is 0 Å². The van der Waals surface area contributed by atoms with Crippen LogP contribution in [-0.2, 0) is 0 Å². The van der Waals surface area contributed by atoms with E-state index in [1.165, 1.54) is 6.42 Å². The van der Waals surface area contributed by atoms with E-state index in [0.717, 1.165) is 47.8 Å². The van der Waals surface area contributed by atoms with Crippen molar-refractivity contribution in [1.29, 1.82) is 0 Å². The Balaban J connectivity index is 1.59. The highest BCUT2D eigenvalue weighted by molar-refractivity contribution is 6.64. The average molecular weight is 300 g/mol. The van der Waals surface area contributed by atoms with Gasteiger partial charge in [0, 0.05) is 0 Å². The molecule has 124 valence electrons. The highest BCUT2D eigenvalue weighted by Crippen LogP contribution is 2.68. The Bertz CT molecular complexity index is 390. The number of fused-ring (bicyclic) bond motifs is 5. The summed E-state index contributed by atoms with van der Waals surface area (Å²) in [4.78, 5) is 0. The molecule has 0 radical (unpaired) electrons. The van der Waals surface area contributed by atoms with E-state index in [2.05, 4.69) is 27.7 Å². The summed E-state index contributed by atoms with van der Waals surface area (Å²) in [7, 11) is 0. The maximum absolute atomic E-state index is 2.59. The van der Waals surface area contributed by atoms with Crippen molar-refractivity contribution in [2.45, 2.75) is 103 Å². The lowest BCUT2D eigenvalue weighted by Gasteiger charge is -2.65. The standard InChI is InChI=1S/C21H37B/c1-14(2)11-18-19-12-15(21(19,3)4)13-20(18)22-16-7-5-8-17(22)10-6-9-16/h14-20H,5-13H2,1-4H3/t15-,16?,17?,18-,19+,20-/m1/s1. The molecule has 3 aliphatic carbocycles. The van der Waals surface area contributed by atoms with Crippen LogP contribution >= 0.6 is 0 Å². The highest BCUT2D eigenvalue weighted by Gasteiger charge is 2.60. The molecule has 4 atom stereocenters. The van der Waals surface area contributed by atoms with E-state index in [1.54, 1.807) is 51.4 Å². The van der Waals surface area contributed by atoms with Crippen molar-refractivity contribution >= 4 is 6.71 Å². The van der Waals surface area contributed by atoms with Gasteiger partial charge < -0.3 is 0 Å². The summed E-state index contributed by atoms with van der Waals surface area (Å²) in [5.74, 6) is 7.42. The van der Waals surface area contributed by atoms with Gasteiger partial charge in [-0.1, -0.05) is 90.1 Å². The Morgan fingerprint density at radius 3 is 2.05 bits per heavy atom. The van der Waals surface area contributed by atoms with Gasteiger partial charge in [0.1, 0.15) is 6.71 Å². The number of rotatable bonds is 3. The second kappa shape index (κ2) is 5.56. The van der Waals surface area contributed by atoms with Crippen molar-refractivity contribution in [2.24, 2.45) is 29.1 Å². The minimum Gasteiger partial charge on any atom is -0.0628 e. The van der Waals surface area contributed by atoms with Crippen LogP contribution in [-0.4, -0.2) is 6.71 Å². The SMILES string of the molecule is CC(C)C[C@H]1[C@H](B2C3CCCC2CCC3)C[C@H]2C[C@@H]1C2(C)C. The van der Waals surface area contributed by atoms with Crippen LogP contribution in [0, 0.1) is 29.1 Å². The molecule has 2 heterocycles. The fourth-order valence-electron chi connectivity index (χ4n) is 7.74. The molecular formula is C21H37B. The summed E-state index contributed by atoms with van der Waals surface area (Å²) in [6.45, 7) is 11.3. The maximum Gasteiger partial charge on any atom is 0.149 e. The summed E-state index contributed by atoms with van der Waals surface area (Å²) in [5.41, 5.74) is 0.667. The van der Waals surface area contributed by atoms with Gasteiger partial charge in [-0.2, -0.15) is 0 Å². The average Bonchev–Trinajstić information content (AvgIpc) is 2.45. The third-order valence-corrected chi connectivity index (χ3v) is 8.80. The van der Waals surface area contributed by atoms with Crippen molar-refractivity contribution in [3.63, 3.8) is 0 Å². The van der Waals surface area contributed by atoms with Crippen molar-refractivity contribution < 1.29 is 0 Å². The van der Waals surface area contributed by atoms with Crippen LogP contribution in [0.2, 0.25) is 17.5 Å². The van der Waals surface area contributed by atoms with Gasteiger partial charge in [-0.3, -0.25) is 0 Å². The molecule has 0 aromatic heterocycles. The zero-order valence-corrected chi connectivity index (χ0v) is 15.5. The summed E-state index contributed by atoms with van der Waals surface area (Å²) in [6.07, 6.45) is 14.1. The molecule has 2 saturated heterocycles. The Labute approximate surface area is 139 Å². The van der Waals surface area contributed by atoms with Crippen LogP contribution in [0.1, 0.15) is 85.5 Å². The molecule has 0 N–H and O–H groups in total. The zero-order chi connectivity index (χ0) is 15.5. The summed E-state index contributed by atoms with van der Waals surface area (Å²) < 4.78 is 0. The normalized spacial score (nSPS) is 46.5. The molecule has 5 fully saturated rings. The summed E-state index contributed by atoms with van der Waals surface area (Å²) >= 11 is 0. The Morgan fingerprint density at radius 2 is 1.55 bits per heavy atom. The van der Waals surface area contributed by atoms with Crippen LogP contribution in [0.15, 0.2) is 0 Å². The molecule has 0 unspecified atom stereocenters. The molecule has 0 aromatic carbocycles. The highest BCUT2D eigenvalue weighted by atomic mass is 14.6. The van der Waals surface area contributed by atoms with E-state index < -0.39 is 0 Å². The minimum atomic E-state index is 0.667. The van der Waals surface area contributed by atoms with Crippen molar-refractivity contribution in [2.75, 3.05) is 0 Å². The van der Waals surface area contributed by atoms with Crippen LogP contribution in [0.3, 0.4) is 0 Å². The molecule has 0 amide bonds. The lowest BCUT2D eigenvalue weighted by molar-refractivity contribution is -0.110. The topological polar surface area (TPSA) is 0 Å². The second-order valence-corrected chi connectivity index (χ2v) is 10.5. The van der Waals surface area contributed by atoms with Crippen LogP contribution < -0.4 is 0 Å². The lowest BCUT2D eigenvalue weighted by Crippen LogP contribution is -2.58. The first-order chi connectivity index (χ1) is 10.5. The molecule has 0 spiro atoms. The molecule has 0 aromatic rings. The minimum absolute atomic E-state index is 0.667. The molecule has 4 bridgehead atoms. The van der Waals surface area contributed by atoms with Gasteiger partial charge in [0.05, 0.1) is 0 Å². The molecular weight excluding hydrogens is 263 g/mol. The van der Waals surface area contributed by atoms with E-state index in [0.29, 0.717) is 5.41 Å². The molecule has 1 heteroatoms. The fourth-order valence-corrected chi connectivity index (χ4v) is 7.74. The molecule has 0 nitrogen and oxygen atoms in total. The van der Waals surface area contributed by atoms with Gasteiger partial charge in [-0.05, 0) is 41.9 Å². The Morgan fingerprint density at radius 1 is 0.955 bits per heavy atom. The quantitative estimate of drug-likeness (QED) is 0.509. The molecule has 5 rings (SSSR count). The van der Waals surface area contributed by atoms with E-state index in [-0.39, 0.29) is 0 Å². The van der Waals surface area contributed by atoms with Gasteiger partial charge in [0.2, 0.25) is 0 Å². The van der Waals surface area contributed by atoms with Gasteiger partial charge in [0.15, 0.2) is 0 Å². The molecule has 5 aliphatic rings. The van der Waals surface area contributed by atoms with Crippen molar-refractivity contribution in [1.82, 2.24) is 0 Å². The lowest BCUT2D eigenvalue weighted by atomic mass is 9.17. The van der Waals surface area contributed by atoms with Crippen molar-refractivity contribution in [3.05, 3.63) is 0 Å². The molecule has 2 aliphatic heterocycles. The van der Waals surface area contributed by atoms with E-state index >= 15 is 0 Å². The van der Waals surface area contributed by atoms with Gasteiger partial charge in [-0.15, -0.1) is 0 Å². The molecule has 22 heavy (non-hydrogen) atoms. The Hall–Kier alpha value is 0.0649. The zero-order valence-electron chi connectivity index (χ0n) is 15.5. The number of hydrogen-bond acceptors (Lipinski definition) is 0. The Kier molecular flexibility index (Phi) is 3.94. The van der Waals surface area contributed by atoms with Gasteiger partial charge in [-0.25, -0.2) is 0 Å². The van der Waals surface area contributed by atoms with Crippen molar-refractivity contribution in [3.8, 4) is 0 Å². The maximum atomic E-state index is 2.59. The first-order valence-corrected chi connectivity index (χ1v) is 10.5.